The summed E-state index contributed by atoms with van der Waals surface area (Å²) in [6.07, 6.45) is 5.42. The van der Waals surface area contributed by atoms with E-state index in [-0.39, 0.29) is 34.7 Å². The zero-order chi connectivity index (χ0) is 28.0. The van der Waals surface area contributed by atoms with Gasteiger partial charge in [0.15, 0.2) is 21.6 Å². The van der Waals surface area contributed by atoms with Gasteiger partial charge in [-0.1, -0.05) is 23.5 Å². The standard InChI is InChI=1S/C28H29N3O7S2/c32-18-5-1-15(11-18)12-21(17-4-9-23(20(13-17)16-2-3-16)40(36,37)19-6-7-19)26(35)31-28-29-22-8-10-24(30-27(22)39-28)38-14-25(33)34/h4,8-10,13,15-16,19,21H,1-3,5-7,11-12,14H2,(H,33,34)(H,29,31,35)/t15-,21+/m0/s1. The van der Waals surface area contributed by atoms with E-state index in [1.165, 1.54) is 6.07 Å². The van der Waals surface area contributed by atoms with E-state index in [1.54, 1.807) is 18.2 Å². The molecule has 0 bridgehead atoms. The summed E-state index contributed by atoms with van der Waals surface area (Å²) in [6.45, 7) is -0.518. The Kier molecular flexibility index (Phi) is 7.07. The van der Waals surface area contributed by atoms with Crippen molar-refractivity contribution in [3.63, 3.8) is 0 Å². The lowest BCUT2D eigenvalue weighted by Crippen LogP contribution is -2.23. The van der Waals surface area contributed by atoms with Crippen LogP contribution < -0.4 is 10.1 Å². The number of sulfone groups is 1. The summed E-state index contributed by atoms with van der Waals surface area (Å²) in [5.41, 5.74) is 2.09. The molecule has 40 heavy (non-hydrogen) atoms. The molecular weight excluding hydrogens is 554 g/mol. The lowest BCUT2D eigenvalue weighted by molar-refractivity contribution is -0.139. The molecule has 2 atom stereocenters. The molecule has 1 aromatic carbocycles. The zero-order valence-corrected chi connectivity index (χ0v) is 23.3. The number of thiazole rings is 1. The molecule has 3 aliphatic rings. The molecule has 0 radical (unpaired) electrons. The smallest absolute Gasteiger partial charge is 0.341 e. The van der Waals surface area contributed by atoms with Crippen molar-refractivity contribution in [2.75, 3.05) is 11.9 Å². The van der Waals surface area contributed by atoms with Gasteiger partial charge in [-0.15, -0.1) is 0 Å². The highest BCUT2D eigenvalue weighted by atomic mass is 32.2. The molecule has 0 spiro atoms. The number of carboxylic acids is 1. The van der Waals surface area contributed by atoms with E-state index < -0.39 is 28.3 Å². The Labute approximate surface area is 235 Å². The van der Waals surface area contributed by atoms with Crippen LogP contribution in [-0.2, 0) is 24.2 Å². The number of benzene rings is 1. The van der Waals surface area contributed by atoms with Crippen LogP contribution in [-0.4, -0.2) is 53.0 Å². The SMILES string of the molecule is O=C(O)COc1ccc2nc(NC(=O)[C@H](C[C@H]3CCC(=O)C3)c3ccc(S(=O)(=O)C4CC4)c(C4CC4)c3)sc2n1. The summed E-state index contributed by atoms with van der Waals surface area (Å²) in [7, 11) is -3.37. The minimum absolute atomic E-state index is 0.0773. The number of fused-ring (bicyclic) bond motifs is 1. The number of anilines is 1. The summed E-state index contributed by atoms with van der Waals surface area (Å²) in [5.74, 6) is -1.36. The molecule has 3 aliphatic carbocycles. The first-order chi connectivity index (χ1) is 19.2. The van der Waals surface area contributed by atoms with Crippen LogP contribution in [0.5, 0.6) is 5.88 Å². The van der Waals surface area contributed by atoms with Crippen LogP contribution >= 0.6 is 11.3 Å². The van der Waals surface area contributed by atoms with Crippen LogP contribution in [0.25, 0.3) is 10.3 Å². The molecule has 0 aliphatic heterocycles. The number of hydrogen-bond acceptors (Lipinski definition) is 9. The first-order valence-corrected chi connectivity index (χ1v) is 15.9. The van der Waals surface area contributed by atoms with Crippen LogP contribution in [0, 0.1) is 5.92 Å². The number of aromatic nitrogens is 2. The van der Waals surface area contributed by atoms with Gasteiger partial charge in [0.25, 0.3) is 0 Å². The van der Waals surface area contributed by atoms with Crippen molar-refractivity contribution in [1.82, 2.24) is 9.97 Å². The highest BCUT2D eigenvalue weighted by molar-refractivity contribution is 7.92. The normalized spacial score (nSPS) is 20.0. The number of carboxylic acid groups (broad SMARTS) is 1. The highest BCUT2D eigenvalue weighted by Gasteiger charge is 2.41. The average molecular weight is 584 g/mol. The summed E-state index contributed by atoms with van der Waals surface area (Å²) < 4.78 is 31.4. The number of carbonyl (C=O) groups excluding carboxylic acids is 2. The molecule has 1 amide bonds. The second kappa shape index (κ2) is 10.5. The number of aliphatic carboxylic acids is 1. The molecule has 0 unspecified atom stereocenters. The predicted molar refractivity (Wildman–Crippen MR) is 148 cm³/mol. The zero-order valence-electron chi connectivity index (χ0n) is 21.7. The van der Waals surface area contributed by atoms with Crippen molar-refractivity contribution in [1.29, 1.82) is 0 Å². The van der Waals surface area contributed by atoms with Crippen LogP contribution in [0.15, 0.2) is 35.2 Å². The van der Waals surface area contributed by atoms with Crippen molar-refractivity contribution in [2.45, 2.75) is 73.3 Å². The summed E-state index contributed by atoms with van der Waals surface area (Å²) in [5, 5.41) is 11.8. The topological polar surface area (TPSA) is 153 Å². The van der Waals surface area contributed by atoms with Gasteiger partial charge in [0, 0.05) is 18.9 Å². The lowest BCUT2D eigenvalue weighted by atomic mass is 9.86. The fourth-order valence-electron chi connectivity index (χ4n) is 5.40. The van der Waals surface area contributed by atoms with Crippen LogP contribution in [0.4, 0.5) is 5.13 Å². The largest absolute Gasteiger partial charge is 0.479 e. The Balaban J connectivity index is 1.28. The van der Waals surface area contributed by atoms with Crippen molar-refractivity contribution in [3.8, 4) is 5.88 Å². The first-order valence-electron chi connectivity index (χ1n) is 13.5. The maximum atomic E-state index is 13.7. The van der Waals surface area contributed by atoms with Gasteiger partial charge in [-0.25, -0.2) is 23.2 Å². The fourth-order valence-corrected chi connectivity index (χ4v) is 8.16. The Morgan fingerprint density at radius 2 is 1.90 bits per heavy atom. The van der Waals surface area contributed by atoms with E-state index in [4.69, 9.17) is 9.84 Å². The maximum absolute atomic E-state index is 13.7. The molecular formula is C28H29N3O7S2. The summed E-state index contributed by atoms with van der Waals surface area (Å²) in [6, 6.07) is 8.51. The van der Waals surface area contributed by atoms with E-state index in [0.29, 0.717) is 52.5 Å². The number of hydrogen-bond donors (Lipinski definition) is 2. The van der Waals surface area contributed by atoms with Crippen molar-refractivity contribution >= 4 is 54.3 Å². The Bertz CT molecular complexity index is 1610. The first kappa shape index (κ1) is 26.8. The number of nitrogens with zero attached hydrogens (tertiary/aromatic N) is 2. The van der Waals surface area contributed by atoms with Gasteiger partial charge in [0.1, 0.15) is 16.1 Å². The van der Waals surface area contributed by atoms with Gasteiger partial charge in [-0.2, -0.15) is 0 Å². The van der Waals surface area contributed by atoms with Gasteiger partial charge in [0.05, 0.1) is 16.1 Å². The number of amides is 1. The Morgan fingerprint density at radius 3 is 2.58 bits per heavy atom. The van der Waals surface area contributed by atoms with E-state index >= 15 is 0 Å². The molecule has 3 saturated carbocycles. The predicted octanol–water partition coefficient (Wildman–Crippen LogP) is 4.45. The molecule has 10 nitrogen and oxygen atoms in total. The average Bonchev–Trinajstić information content (AvgIpc) is 3.85. The highest BCUT2D eigenvalue weighted by Crippen LogP contribution is 2.47. The number of pyridine rings is 1. The summed E-state index contributed by atoms with van der Waals surface area (Å²) >= 11 is 1.15. The minimum atomic E-state index is -3.37. The van der Waals surface area contributed by atoms with E-state index in [2.05, 4.69) is 15.3 Å². The summed E-state index contributed by atoms with van der Waals surface area (Å²) in [4.78, 5) is 46.2. The van der Waals surface area contributed by atoms with Gasteiger partial charge in [0.2, 0.25) is 11.8 Å². The number of nitrogens with one attached hydrogen (secondary N) is 1. The second-order valence-electron chi connectivity index (χ2n) is 10.9. The number of rotatable bonds is 11. The third-order valence-corrected chi connectivity index (χ3v) is 11.0. The van der Waals surface area contributed by atoms with Gasteiger partial charge < -0.3 is 15.2 Å². The molecule has 3 aromatic rings. The molecule has 2 aromatic heterocycles. The molecule has 0 saturated heterocycles. The molecule has 210 valence electrons. The van der Waals surface area contributed by atoms with Crippen LogP contribution in [0.1, 0.15) is 74.3 Å². The van der Waals surface area contributed by atoms with E-state index in [0.717, 1.165) is 41.7 Å². The molecule has 6 rings (SSSR count). The quantitative estimate of drug-likeness (QED) is 0.333. The molecule has 3 fully saturated rings. The van der Waals surface area contributed by atoms with E-state index in [9.17, 15) is 22.8 Å². The van der Waals surface area contributed by atoms with Crippen molar-refractivity contribution in [2.24, 2.45) is 5.92 Å². The monoisotopic (exact) mass is 583 g/mol. The lowest BCUT2D eigenvalue weighted by Gasteiger charge is -2.21. The minimum Gasteiger partial charge on any atom is -0.479 e. The maximum Gasteiger partial charge on any atom is 0.341 e. The second-order valence-corrected chi connectivity index (χ2v) is 14.1. The van der Waals surface area contributed by atoms with Crippen LogP contribution in [0.3, 0.4) is 0 Å². The number of Topliss-reactive ketones (excluding diaryl/α,β-unsaturated/α-hetero) is 1. The fraction of sp³-hybridized carbons (Fsp3) is 0.464. The molecule has 2 N–H and O–H groups in total. The molecule has 2 heterocycles. The Hall–Kier alpha value is -3.38. The van der Waals surface area contributed by atoms with Gasteiger partial charge in [-0.3, -0.25) is 9.59 Å². The number of carbonyl (C=O) groups is 3. The van der Waals surface area contributed by atoms with Gasteiger partial charge in [-0.05, 0) is 73.6 Å². The third kappa shape index (κ3) is 5.73. The number of ketones is 1. The number of ether oxygens (including phenoxy) is 1. The van der Waals surface area contributed by atoms with E-state index in [1.807, 2.05) is 6.07 Å². The Morgan fingerprint density at radius 1 is 1.10 bits per heavy atom. The van der Waals surface area contributed by atoms with Crippen molar-refractivity contribution in [3.05, 3.63) is 41.5 Å². The van der Waals surface area contributed by atoms with Crippen LogP contribution in [0.2, 0.25) is 0 Å². The third-order valence-electron chi connectivity index (χ3n) is 7.76. The molecule has 12 heteroatoms. The van der Waals surface area contributed by atoms with Gasteiger partial charge >= 0.3 is 5.97 Å². The van der Waals surface area contributed by atoms with Crippen molar-refractivity contribution < 1.29 is 32.6 Å².